The topological polar surface area (TPSA) is 131 Å². The van der Waals surface area contributed by atoms with Crippen molar-refractivity contribution in [1.29, 1.82) is 5.26 Å². The number of nitrogens with zero attached hydrogens (tertiary/aromatic N) is 2. The molecule has 0 spiro atoms. The van der Waals surface area contributed by atoms with E-state index in [-0.39, 0.29) is 30.4 Å². The monoisotopic (exact) mass is 489 g/mol. The van der Waals surface area contributed by atoms with Crippen LogP contribution in [0.15, 0.2) is 38.9 Å². The maximum atomic E-state index is 12.7. The van der Waals surface area contributed by atoms with Gasteiger partial charge < -0.3 is 23.9 Å². The Morgan fingerprint density at radius 2 is 2.06 bits per heavy atom. The van der Waals surface area contributed by atoms with Gasteiger partial charge in [0.15, 0.2) is 18.1 Å². The fourth-order valence-corrected chi connectivity index (χ4v) is 3.18. The summed E-state index contributed by atoms with van der Waals surface area (Å²) in [5, 5.41) is 11.2. The Bertz CT molecular complexity index is 1120. The fourth-order valence-electron chi connectivity index (χ4n) is 2.74. The number of urea groups is 1. The van der Waals surface area contributed by atoms with Crippen molar-refractivity contribution < 1.29 is 33.0 Å². The van der Waals surface area contributed by atoms with Crippen LogP contribution in [0.3, 0.4) is 0 Å². The van der Waals surface area contributed by atoms with Gasteiger partial charge in [0.05, 0.1) is 20.8 Å². The molecule has 0 bridgehead atoms. The molecule has 160 valence electrons. The number of halogens is 1. The quantitative estimate of drug-likeness (QED) is 0.356. The van der Waals surface area contributed by atoms with E-state index in [1.165, 1.54) is 32.4 Å². The van der Waals surface area contributed by atoms with Crippen LogP contribution >= 0.6 is 15.9 Å². The van der Waals surface area contributed by atoms with E-state index in [9.17, 15) is 14.4 Å². The van der Waals surface area contributed by atoms with Crippen LogP contribution in [-0.4, -0.2) is 43.6 Å². The van der Waals surface area contributed by atoms with Gasteiger partial charge in [0.1, 0.15) is 17.5 Å². The second kappa shape index (κ2) is 9.36. The molecule has 3 amide bonds. The Labute approximate surface area is 185 Å². The lowest BCUT2D eigenvalue weighted by Gasteiger charge is -2.11. The number of methoxy groups -OCH3 is 2. The van der Waals surface area contributed by atoms with Crippen molar-refractivity contribution in [1.82, 2.24) is 10.2 Å². The van der Waals surface area contributed by atoms with Gasteiger partial charge in [-0.1, -0.05) is 15.9 Å². The minimum Gasteiger partial charge on any atom is -0.493 e. The first-order valence-electron chi connectivity index (χ1n) is 8.76. The number of furan rings is 1. The molecule has 1 fully saturated rings. The summed E-state index contributed by atoms with van der Waals surface area (Å²) in [5.41, 5.74) is 0.579. The molecular weight excluding hydrogens is 474 g/mol. The molecule has 1 saturated heterocycles. The van der Waals surface area contributed by atoms with Crippen LogP contribution in [0, 0.1) is 11.3 Å². The minimum atomic E-state index is -0.662. The number of carbonyl (C=O) groups is 3. The van der Waals surface area contributed by atoms with E-state index in [0.29, 0.717) is 21.5 Å². The van der Waals surface area contributed by atoms with E-state index in [2.05, 4.69) is 26.0 Å². The molecule has 0 saturated carbocycles. The summed E-state index contributed by atoms with van der Waals surface area (Å²) in [5.74, 6) is -0.325. The Balaban J connectivity index is 1.82. The van der Waals surface area contributed by atoms with E-state index in [0.717, 1.165) is 4.90 Å². The number of hydrogen-bond acceptors (Lipinski definition) is 8. The number of imide groups is 1. The summed E-state index contributed by atoms with van der Waals surface area (Å²) in [6.45, 7) is -0.318. The highest BCUT2D eigenvalue weighted by Crippen LogP contribution is 2.35. The first-order chi connectivity index (χ1) is 14.9. The van der Waals surface area contributed by atoms with E-state index in [1.54, 1.807) is 12.1 Å². The maximum absolute atomic E-state index is 12.7. The molecule has 0 unspecified atom stereocenters. The van der Waals surface area contributed by atoms with Gasteiger partial charge in [0, 0.05) is 4.47 Å². The third-order valence-corrected chi connectivity index (χ3v) is 4.89. The van der Waals surface area contributed by atoms with Gasteiger partial charge in [0.2, 0.25) is 5.76 Å². The Kier molecular flexibility index (Phi) is 6.61. The summed E-state index contributed by atoms with van der Waals surface area (Å²) in [4.78, 5) is 37.5. The SMILES string of the molecule is COC(=O)c1ccc(CN2C(=O)NC(=Cc3cc(OC)c(OCC#N)cc3Br)C2=O)o1. The molecule has 11 heteroatoms. The number of rotatable bonds is 7. The zero-order valence-corrected chi connectivity index (χ0v) is 18.0. The Morgan fingerprint density at radius 3 is 2.74 bits per heavy atom. The summed E-state index contributed by atoms with van der Waals surface area (Å²) in [6, 6.07) is 7.31. The number of benzene rings is 1. The number of hydrogen-bond donors (Lipinski definition) is 1. The molecule has 2 heterocycles. The zero-order chi connectivity index (χ0) is 22.5. The van der Waals surface area contributed by atoms with Crippen LogP contribution < -0.4 is 14.8 Å². The number of ether oxygens (including phenoxy) is 3. The average Bonchev–Trinajstić information content (AvgIpc) is 3.33. The van der Waals surface area contributed by atoms with Gasteiger partial charge >= 0.3 is 12.0 Å². The molecule has 31 heavy (non-hydrogen) atoms. The smallest absolute Gasteiger partial charge is 0.373 e. The van der Waals surface area contributed by atoms with Crippen molar-refractivity contribution in [2.24, 2.45) is 0 Å². The first-order valence-corrected chi connectivity index (χ1v) is 9.56. The molecule has 1 aromatic heterocycles. The molecule has 0 radical (unpaired) electrons. The van der Waals surface area contributed by atoms with Crippen LogP contribution in [0.5, 0.6) is 11.5 Å². The number of esters is 1. The summed E-state index contributed by atoms with van der Waals surface area (Å²) < 4.78 is 21.0. The average molecular weight is 490 g/mol. The molecule has 10 nitrogen and oxygen atoms in total. The Hall–Kier alpha value is -3.78. The number of nitriles is 1. The van der Waals surface area contributed by atoms with Crippen LogP contribution in [0.25, 0.3) is 6.08 Å². The van der Waals surface area contributed by atoms with E-state index >= 15 is 0 Å². The van der Waals surface area contributed by atoms with Crippen molar-refractivity contribution >= 4 is 39.9 Å². The predicted octanol–water partition coefficient (Wildman–Crippen LogP) is 2.83. The molecule has 2 aromatic rings. The van der Waals surface area contributed by atoms with E-state index in [4.69, 9.17) is 19.2 Å². The lowest BCUT2D eigenvalue weighted by Crippen LogP contribution is -2.30. The molecule has 1 aliphatic heterocycles. The maximum Gasteiger partial charge on any atom is 0.373 e. The van der Waals surface area contributed by atoms with Crippen LogP contribution in [0.2, 0.25) is 0 Å². The summed E-state index contributed by atoms with van der Waals surface area (Å²) in [6.07, 6.45) is 1.48. The number of carbonyl (C=O) groups excluding carboxylic acids is 3. The van der Waals surface area contributed by atoms with E-state index < -0.39 is 17.9 Å². The van der Waals surface area contributed by atoms with Crippen molar-refractivity contribution in [3.63, 3.8) is 0 Å². The molecule has 3 rings (SSSR count). The minimum absolute atomic E-state index is 0.0324. The number of amides is 3. The third-order valence-electron chi connectivity index (χ3n) is 4.20. The standard InChI is InChI=1S/C20H16BrN3O7/c1-28-16-8-11(13(21)9-17(16)30-6-5-22)7-14-18(25)24(20(27)23-14)10-12-3-4-15(31-12)19(26)29-2/h3-4,7-9H,6,10H2,1-2H3,(H,23,27). The normalized spacial score (nSPS) is 14.4. The van der Waals surface area contributed by atoms with Crippen molar-refractivity contribution in [2.75, 3.05) is 20.8 Å². The highest BCUT2D eigenvalue weighted by atomic mass is 79.9. The fraction of sp³-hybridized carbons (Fsp3) is 0.200. The molecule has 1 N–H and O–H groups in total. The number of nitrogens with one attached hydrogen (secondary N) is 1. The van der Waals surface area contributed by atoms with Crippen LogP contribution in [0.4, 0.5) is 4.79 Å². The largest absolute Gasteiger partial charge is 0.493 e. The molecule has 0 aliphatic carbocycles. The molecular formula is C20H16BrN3O7. The molecule has 0 atom stereocenters. The second-order valence-corrected chi connectivity index (χ2v) is 6.96. The molecule has 1 aliphatic rings. The first kappa shape index (κ1) is 21.9. The van der Waals surface area contributed by atoms with Gasteiger partial charge in [-0.15, -0.1) is 0 Å². The van der Waals surface area contributed by atoms with Gasteiger partial charge in [-0.05, 0) is 35.9 Å². The van der Waals surface area contributed by atoms with Crippen molar-refractivity contribution in [2.45, 2.75) is 6.54 Å². The van der Waals surface area contributed by atoms with Gasteiger partial charge in [-0.2, -0.15) is 5.26 Å². The highest BCUT2D eigenvalue weighted by molar-refractivity contribution is 9.10. The Morgan fingerprint density at radius 1 is 1.29 bits per heavy atom. The van der Waals surface area contributed by atoms with Crippen LogP contribution in [0.1, 0.15) is 21.9 Å². The van der Waals surface area contributed by atoms with Crippen molar-refractivity contribution in [3.8, 4) is 17.6 Å². The van der Waals surface area contributed by atoms with Gasteiger partial charge in [-0.3, -0.25) is 9.69 Å². The third kappa shape index (κ3) is 4.70. The lowest BCUT2D eigenvalue weighted by atomic mass is 10.1. The van der Waals surface area contributed by atoms with Crippen LogP contribution in [-0.2, 0) is 16.1 Å². The van der Waals surface area contributed by atoms with Crippen molar-refractivity contribution in [3.05, 3.63) is 51.5 Å². The van der Waals surface area contributed by atoms with Gasteiger partial charge in [0.25, 0.3) is 5.91 Å². The lowest BCUT2D eigenvalue weighted by molar-refractivity contribution is -0.123. The second-order valence-electron chi connectivity index (χ2n) is 6.11. The predicted molar refractivity (Wildman–Crippen MR) is 109 cm³/mol. The van der Waals surface area contributed by atoms with Gasteiger partial charge in [-0.25, -0.2) is 9.59 Å². The van der Waals surface area contributed by atoms with E-state index in [1.807, 2.05) is 6.07 Å². The summed E-state index contributed by atoms with van der Waals surface area (Å²) >= 11 is 3.38. The molecule has 1 aromatic carbocycles. The summed E-state index contributed by atoms with van der Waals surface area (Å²) in [7, 11) is 2.66. The highest BCUT2D eigenvalue weighted by Gasteiger charge is 2.34. The zero-order valence-electron chi connectivity index (χ0n) is 16.4.